The molecule has 0 aliphatic rings. The summed E-state index contributed by atoms with van der Waals surface area (Å²) in [6, 6.07) is 3.44. The topological polar surface area (TPSA) is 63.8 Å². The molecule has 1 N–H and O–H groups in total. The predicted octanol–water partition coefficient (Wildman–Crippen LogP) is 1.51. The fourth-order valence-electron chi connectivity index (χ4n) is 1.12. The van der Waals surface area contributed by atoms with Gasteiger partial charge in [0.2, 0.25) is 0 Å². The zero-order chi connectivity index (χ0) is 11.5. The van der Waals surface area contributed by atoms with Crippen molar-refractivity contribution in [2.45, 2.75) is 16.8 Å². The molecule has 2 heterocycles. The molecule has 5 nitrogen and oxygen atoms in total. The van der Waals surface area contributed by atoms with Gasteiger partial charge in [-0.15, -0.1) is 10.2 Å². The average Bonchev–Trinajstić information content (AvgIpc) is 2.63. The highest BCUT2D eigenvalue weighted by Gasteiger charge is 2.08. The molecule has 0 fully saturated rings. The highest BCUT2D eigenvalue weighted by Crippen LogP contribution is 2.24. The molecule has 84 valence electrons. The van der Waals surface area contributed by atoms with Crippen molar-refractivity contribution in [3.05, 3.63) is 29.2 Å². The maximum Gasteiger partial charge on any atom is 0.174 e. The molecular formula is C9H9ClN4OS. The molecule has 2 aromatic rings. The molecule has 0 atom stereocenters. The summed E-state index contributed by atoms with van der Waals surface area (Å²) in [4.78, 5) is 4.17. The van der Waals surface area contributed by atoms with Crippen molar-refractivity contribution in [2.24, 2.45) is 7.05 Å². The minimum absolute atomic E-state index is 0.0314. The second-order valence-corrected chi connectivity index (χ2v) is 4.42. The molecule has 0 bridgehead atoms. The smallest absolute Gasteiger partial charge is 0.174 e. The van der Waals surface area contributed by atoms with E-state index >= 15 is 0 Å². The van der Waals surface area contributed by atoms with Crippen LogP contribution < -0.4 is 0 Å². The van der Waals surface area contributed by atoms with Gasteiger partial charge in [-0.05, 0) is 23.9 Å². The van der Waals surface area contributed by atoms with Gasteiger partial charge >= 0.3 is 0 Å². The molecule has 2 rings (SSSR count). The quantitative estimate of drug-likeness (QED) is 0.902. The fraction of sp³-hybridized carbons (Fsp3) is 0.222. The Hall–Kier alpha value is -1.11. The predicted molar refractivity (Wildman–Crippen MR) is 60.3 cm³/mol. The minimum atomic E-state index is -0.0314. The van der Waals surface area contributed by atoms with Gasteiger partial charge in [0.15, 0.2) is 10.3 Å². The summed E-state index contributed by atoms with van der Waals surface area (Å²) in [5, 5.41) is 18.5. The summed E-state index contributed by atoms with van der Waals surface area (Å²) in [5.74, 6) is 0. The molecule has 7 heteroatoms. The zero-order valence-electron chi connectivity index (χ0n) is 8.46. The van der Waals surface area contributed by atoms with Crippen LogP contribution in [0.25, 0.3) is 0 Å². The lowest BCUT2D eigenvalue weighted by molar-refractivity contribution is 0.271. The summed E-state index contributed by atoms with van der Waals surface area (Å²) in [7, 11) is 1.84. The number of aliphatic hydroxyl groups is 1. The lowest BCUT2D eigenvalue weighted by Gasteiger charge is -2.02. The molecule has 0 radical (unpaired) electrons. The molecule has 0 saturated heterocycles. The third-order valence-electron chi connectivity index (χ3n) is 2.01. The van der Waals surface area contributed by atoms with Crippen molar-refractivity contribution in [2.75, 3.05) is 0 Å². The Balaban J connectivity index is 2.20. The normalized spacial score (nSPS) is 10.7. The fourth-order valence-corrected chi connectivity index (χ4v) is 1.98. The summed E-state index contributed by atoms with van der Waals surface area (Å²) in [6.45, 7) is -0.0314. The van der Waals surface area contributed by atoms with Crippen molar-refractivity contribution in [3.8, 4) is 0 Å². The largest absolute Gasteiger partial charge is 0.390 e. The number of rotatable bonds is 3. The maximum atomic E-state index is 9.02. The van der Waals surface area contributed by atoms with Gasteiger partial charge in [0.25, 0.3) is 0 Å². The molecule has 0 aromatic carbocycles. The van der Waals surface area contributed by atoms with Crippen molar-refractivity contribution >= 4 is 23.4 Å². The highest BCUT2D eigenvalue weighted by molar-refractivity contribution is 7.99. The van der Waals surface area contributed by atoms with E-state index in [-0.39, 0.29) is 6.61 Å². The summed E-state index contributed by atoms with van der Waals surface area (Å²) in [6.07, 6.45) is 1.63. The number of aromatic nitrogens is 4. The van der Waals surface area contributed by atoms with E-state index in [0.29, 0.717) is 10.2 Å². The summed E-state index contributed by atoms with van der Waals surface area (Å²) >= 11 is 7.00. The Labute approximate surface area is 101 Å². The first-order chi connectivity index (χ1) is 7.70. The van der Waals surface area contributed by atoms with E-state index in [1.165, 1.54) is 11.8 Å². The molecule has 0 aliphatic carbocycles. The van der Waals surface area contributed by atoms with Crippen LogP contribution in [-0.2, 0) is 13.7 Å². The standard InChI is InChI=1S/C9H9ClN4OS/c1-14-6(5-15)4-11-9(14)16-8-3-2-7(10)12-13-8/h2-4,15H,5H2,1H3. The summed E-state index contributed by atoms with van der Waals surface area (Å²) < 4.78 is 1.81. The van der Waals surface area contributed by atoms with E-state index in [4.69, 9.17) is 16.7 Å². The van der Waals surface area contributed by atoms with Crippen molar-refractivity contribution in [1.82, 2.24) is 19.7 Å². The van der Waals surface area contributed by atoms with Crippen LogP contribution in [0.15, 0.2) is 28.5 Å². The molecule has 0 unspecified atom stereocenters. The second kappa shape index (κ2) is 4.82. The Morgan fingerprint density at radius 2 is 2.25 bits per heavy atom. The second-order valence-electron chi connectivity index (χ2n) is 3.05. The van der Waals surface area contributed by atoms with Crippen LogP contribution in [-0.4, -0.2) is 24.9 Å². The number of hydrogen-bond acceptors (Lipinski definition) is 5. The molecule has 16 heavy (non-hydrogen) atoms. The molecule has 0 spiro atoms. The van der Waals surface area contributed by atoms with Gasteiger partial charge < -0.3 is 9.67 Å². The van der Waals surface area contributed by atoms with Crippen LogP contribution in [0.1, 0.15) is 5.69 Å². The average molecular weight is 257 g/mol. The molecule has 2 aromatic heterocycles. The van der Waals surface area contributed by atoms with Crippen molar-refractivity contribution in [3.63, 3.8) is 0 Å². The minimum Gasteiger partial charge on any atom is -0.390 e. The Kier molecular flexibility index (Phi) is 3.42. The number of imidazole rings is 1. The van der Waals surface area contributed by atoms with Gasteiger partial charge in [-0.1, -0.05) is 11.6 Å². The van der Waals surface area contributed by atoms with Crippen LogP contribution in [0, 0.1) is 0 Å². The van der Waals surface area contributed by atoms with Gasteiger partial charge in [0, 0.05) is 7.05 Å². The first kappa shape index (κ1) is 11.4. The van der Waals surface area contributed by atoms with E-state index in [1.807, 2.05) is 7.05 Å². The van der Waals surface area contributed by atoms with Crippen LogP contribution >= 0.6 is 23.4 Å². The van der Waals surface area contributed by atoms with Gasteiger partial charge in [-0.2, -0.15) is 0 Å². The third kappa shape index (κ3) is 2.34. The van der Waals surface area contributed by atoms with Crippen LogP contribution in [0.3, 0.4) is 0 Å². The van der Waals surface area contributed by atoms with Crippen molar-refractivity contribution in [1.29, 1.82) is 0 Å². The molecule has 0 amide bonds. The monoisotopic (exact) mass is 256 g/mol. The van der Waals surface area contributed by atoms with E-state index in [2.05, 4.69) is 15.2 Å². The van der Waals surface area contributed by atoms with Gasteiger partial charge in [-0.25, -0.2) is 4.98 Å². The van der Waals surface area contributed by atoms with Gasteiger partial charge in [-0.3, -0.25) is 0 Å². The lowest BCUT2D eigenvalue weighted by atomic mass is 10.5. The molecule has 0 aliphatic heterocycles. The first-order valence-corrected chi connectivity index (χ1v) is 5.68. The number of aliphatic hydroxyl groups excluding tert-OH is 1. The SMILES string of the molecule is Cn1c(CO)cnc1Sc1ccc(Cl)nn1. The highest BCUT2D eigenvalue weighted by atomic mass is 35.5. The maximum absolute atomic E-state index is 9.02. The zero-order valence-corrected chi connectivity index (χ0v) is 10.0. The number of nitrogens with zero attached hydrogens (tertiary/aromatic N) is 4. The lowest BCUT2D eigenvalue weighted by Crippen LogP contribution is -1.97. The molecular weight excluding hydrogens is 248 g/mol. The van der Waals surface area contributed by atoms with E-state index < -0.39 is 0 Å². The Morgan fingerprint density at radius 3 is 2.81 bits per heavy atom. The Bertz CT molecular complexity index is 485. The summed E-state index contributed by atoms with van der Waals surface area (Å²) in [5.41, 5.74) is 0.754. The number of hydrogen-bond donors (Lipinski definition) is 1. The van der Waals surface area contributed by atoms with Crippen LogP contribution in [0.4, 0.5) is 0 Å². The first-order valence-electron chi connectivity index (χ1n) is 4.49. The van der Waals surface area contributed by atoms with E-state index in [1.54, 1.807) is 22.9 Å². The van der Waals surface area contributed by atoms with Crippen LogP contribution in [0.2, 0.25) is 5.15 Å². The Morgan fingerprint density at radius 1 is 1.44 bits per heavy atom. The van der Waals surface area contributed by atoms with Gasteiger partial charge in [0.05, 0.1) is 18.5 Å². The van der Waals surface area contributed by atoms with Gasteiger partial charge in [0.1, 0.15) is 5.03 Å². The van der Waals surface area contributed by atoms with Crippen LogP contribution in [0.5, 0.6) is 0 Å². The number of halogens is 1. The third-order valence-corrected chi connectivity index (χ3v) is 3.20. The van der Waals surface area contributed by atoms with E-state index in [0.717, 1.165) is 10.9 Å². The van der Waals surface area contributed by atoms with Crippen molar-refractivity contribution < 1.29 is 5.11 Å². The van der Waals surface area contributed by atoms with E-state index in [9.17, 15) is 0 Å². The molecule has 0 saturated carbocycles.